The van der Waals surface area contributed by atoms with Gasteiger partial charge in [-0.15, -0.1) is 0 Å². The molecule has 0 spiro atoms. The lowest BCUT2D eigenvalue weighted by Gasteiger charge is -2.10. The van der Waals surface area contributed by atoms with Crippen LogP contribution in [0.15, 0.2) is 36.5 Å². The van der Waals surface area contributed by atoms with Crippen molar-refractivity contribution in [3.05, 3.63) is 53.3 Å². The van der Waals surface area contributed by atoms with Gasteiger partial charge in [0, 0.05) is 11.6 Å². The predicted molar refractivity (Wildman–Crippen MR) is 73.3 cm³/mol. The third kappa shape index (κ3) is 1.81. The summed E-state index contributed by atoms with van der Waals surface area (Å²) in [6, 6.07) is 9.87. The van der Waals surface area contributed by atoms with E-state index in [2.05, 4.69) is 10.1 Å². The standard InChI is InChI=1S/C15H13N3O/c1-10-3-5-12(6-4-10)15-13(9-19)11(2)17-14-7-8-16-18(14)15/h3-9H,1-2H3. The van der Waals surface area contributed by atoms with Crippen LogP contribution in [0.2, 0.25) is 0 Å². The monoisotopic (exact) mass is 251 g/mol. The molecule has 0 saturated carbocycles. The van der Waals surface area contributed by atoms with E-state index in [4.69, 9.17) is 0 Å². The van der Waals surface area contributed by atoms with E-state index in [0.29, 0.717) is 5.56 Å². The number of benzene rings is 1. The summed E-state index contributed by atoms with van der Waals surface area (Å²) in [6.45, 7) is 3.88. The lowest BCUT2D eigenvalue weighted by Crippen LogP contribution is -2.04. The number of fused-ring (bicyclic) bond motifs is 1. The van der Waals surface area contributed by atoms with Gasteiger partial charge < -0.3 is 0 Å². The molecule has 2 aromatic heterocycles. The van der Waals surface area contributed by atoms with Gasteiger partial charge in [-0.25, -0.2) is 9.50 Å². The third-order valence-corrected chi connectivity index (χ3v) is 3.20. The summed E-state index contributed by atoms with van der Waals surface area (Å²) in [5.74, 6) is 0. The summed E-state index contributed by atoms with van der Waals surface area (Å²) in [5, 5.41) is 4.26. The Morgan fingerprint density at radius 1 is 1.11 bits per heavy atom. The van der Waals surface area contributed by atoms with Crippen LogP contribution in [-0.2, 0) is 0 Å². The first-order valence-electron chi connectivity index (χ1n) is 6.07. The van der Waals surface area contributed by atoms with Crippen molar-refractivity contribution in [2.75, 3.05) is 0 Å². The zero-order valence-electron chi connectivity index (χ0n) is 10.8. The highest BCUT2D eigenvalue weighted by Crippen LogP contribution is 2.25. The molecule has 3 rings (SSSR count). The Hall–Kier alpha value is -2.49. The van der Waals surface area contributed by atoms with Crippen molar-refractivity contribution < 1.29 is 4.79 Å². The van der Waals surface area contributed by atoms with E-state index in [1.807, 2.05) is 44.2 Å². The summed E-state index contributed by atoms with van der Waals surface area (Å²) in [5.41, 5.74) is 4.99. The molecule has 0 saturated heterocycles. The van der Waals surface area contributed by atoms with Gasteiger partial charge in [-0.1, -0.05) is 29.8 Å². The molecule has 0 aliphatic heterocycles. The average molecular weight is 251 g/mol. The van der Waals surface area contributed by atoms with Gasteiger partial charge in [0.15, 0.2) is 11.9 Å². The van der Waals surface area contributed by atoms with Crippen molar-refractivity contribution in [1.29, 1.82) is 0 Å². The molecule has 0 unspecified atom stereocenters. The fourth-order valence-corrected chi connectivity index (χ4v) is 2.20. The number of aldehydes is 1. The quantitative estimate of drug-likeness (QED) is 0.658. The molecule has 94 valence electrons. The molecular formula is C15H13N3O. The van der Waals surface area contributed by atoms with Crippen LogP contribution in [0.1, 0.15) is 21.6 Å². The fraction of sp³-hybridized carbons (Fsp3) is 0.133. The van der Waals surface area contributed by atoms with Crippen molar-refractivity contribution in [3.63, 3.8) is 0 Å². The molecule has 0 amide bonds. The molecule has 0 atom stereocenters. The lowest BCUT2D eigenvalue weighted by atomic mass is 10.0. The van der Waals surface area contributed by atoms with Crippen molar-refractivity contribution in [2.24, 2.45) is 0 Å². The highest BCUT2D eigenvalue weighted by Gasteiger charge is 2.14. The number of carbonyl (C=O) groups excluding carboxylic acids is 1. The summed E-state index contributed by atoms with van der Waals surface area (Å²) in [7, 11) is 0. The second-order valence-corrected chi connectivity index (χ2v) is 4.54. The van der Waals surface area contributed by atoms with E-state index < -0.39 is 0 Å². The Morgan fingerprint density at radius 3 is 2.53 bits per heavy atom. The van der Waals surface area contributed by atoms with Gasteiger partial charge in [0.2, 0.25) is 0 Å². The minimum atomic E-state index is 0.583. The number of hydrogen-bond acceptors (Lipinski definition) is 3. The van der Waals surface area contributed by atoms with E-state index in [1.54, 1.807) is 10.7 Å². The van der Waals surface area contributed by atoms with Crippen LogP contribution < -0.4 is 0 Å². The summed E-state index contributed by atoms with van der Waals surface area (Å²) in [6.07, 6.45) is 2.53. The molecule has 3 aromatic rings. The molecular weight excluding hydrogens is 238 g/mol. The molecule has 0 fully saturated rings. The minimum absolute atomic E-state index is 0.583. The fourth-order valence-electron chi connectivity index (χ4n) is 2.20. The Morgan fingerprint density at radius 2 is 1.84 bits per heavy atom. The SMILES string of the molecule is Cc1ccc(-c2c(C=O)c(C)nc3ccnn23)cc1. The second kappa shape index (κ2) is 4.31. The normalized spacial score (nSPS) is 10.8. The molecule has 19 heavy (non-hydrogen) atoms. The van der Waals surface area contributed by atoms with E-state index in [0.717, 1.165) is 28.9 Å². The van der Waals surface area contributed by atoms with Crippen LogP contribution in [0.25, 0.3) is 16.9 Å². The summed E-state index contributed by atoms with van der Waals surface area (Å²) in [4.78, 5) is 15.8. The predicted octanol–water partition coefficient (Wildman–Crippen LogP) is 2.83. The van der Waals surface area contributed by atoms with Gasteiger partial charge >= 0.3 is 0 Å². The number of nitrogens with zero attached hydrogens (tertiary/aromatic N) is 3. The van der Waals surface area contributed by atoms with Crippen molar-refractivity contribution in [2.45, 2.75) is 13.8 Å². The molecule has 4 nitrogen and oxygen atoms in total. The number of aryl methyl sites for hydroxylation is 2. The molecule has 2 heterocycles. The minimum Gasteiger partial charge on any atom is -0.298 e. The first-order chi connectivity index (χ1) is 9.20. The van der Waals surface area contributed by atoms with Crippen molar-refractivity contribution in [3.8, 4) is 11.3 Å². The van der Waals surface area contributed by atoms with Crippen LogP contribution in [0.4, 0.5) is 0 Å². The number of carbonyl (C=O) groups is 1. The largest absolute Gasteiger partial charge is 0.298 e. The average Bonchev–Trinajstić information content (AvgIpc) is 2.86. The summed E-state index contributed by atoms with van der Waals surface area (Å²) < 4.78 is 1.71. The first-order valence-corrected chi connectivity index (χ1v) is 6.07. The maximum Gasteiger partial charge on any atom is 0.155 e. The van der Waals surface area contributed by atoms with E-state index in [1.165, 1.54) is 5.56 Å². The van der Waals surface area contributed by atoms with E-state index in [9.17, 15) is 4.79 Å². The molecule has 0 aliphatic carbocycles. The number of aromatic nitrogens is 3. The first kappa shape index (κ1) is 11.6. The van der Waals surface area contributed by atoms with Gasteiger partial charge in [-0.3, -0.25) is 4.79 Å². The Kier molecular flexibility index (Phi) is 2.63. The zero-order valence-corrected chi connectivity index (χ0v) is 10.8. The third-order valence-electron chi connectivity index (χ3n) is 3.20. The highest BCUT2D eigenvalue weighted by molar-refractivity contribution is 5.88. The summed E-state index contributed by atoms with van der Waals surface area (Å²) >= 11 is 0. The van der Waals surface area contributed by atoms with Gasteiger partial charge in [-0.2, -0.15) is 5.10 Å². The smallest absolute Gasteiger partial charge is 0.155 e. The van der Waals surface area contributed by atoms with Gasteiger partial charge in [-0.05, 0) is 13.8 Å². The van der Waals surface area contributed by atoms with Crippen LogP contribution >= 0.6 is 0 Å². The Labute approximate surface area is 110 Å². The van der Waals surface area contributed by atoms with Gasteiger partial charge in [0.25, 0.3) is 0 Å². The van der Waals surface area contributed by atoms with Crippen LogP contribution in [0, 0.1) is 13.8 Å². The van der Waals surface area contributed by atoms with Crippen LogP contribution in [-0.4, -0.2) is 20.9 Å². The number of hydrogen-bond donors (Lipinski definition) is 0. The van der Waals surface area contributed by atoms with Crippen molar-refractivity contribution >= 4 is 11.9 Å². The van der Waals surface area contributed by atoms with Gasteiger partial charge in [0.1, 0.15) is 0 Å². The Balaban J connectivity index is 2.40. The van der Waals surface area contributed by atoms with Crippen LogP contribution in [0.5, 0.6) is 0 Å². The molecule has 0 radical (unpaired) electrons. The maximum atomic E-state index is 11.4. The lowest BCUT2D eigenvalue weighted by molar-refractivity contribution is 0.112. The van der Waals surface area contributed by atoms with Crippen LogP contribution in [0.3, 0.4) is 0 Å². The molecule has 0 bridgehead atoms. The second-order valence-electron chi connectivity index (χ2n) is 4.54. The van der Waals surface area contributed by atoms with E-state index in [-0.39, 0.29) is 0 Å². The number of rotatable bonds is 2. The topological polar surface area (TPSA) is 47.3 Å². The zero-order chi connectivity index (χ0) is 13.4. The van der Waals surface area contributed by atoms with Gasteiger partial charge in [0.05, 0.1) is 23.1 Å². The molecule has 0 N–H and O–H groups in total. The molecule has 4 heteroatoms. The van der Waals surface area contributed by atoms with Crippen molar-refractivity contribution in [1.82, 2.24) is 14.6 Å². The molecule has 1 aromatic carbocycles. The highest BCUT2D eigenvalue weighted by atomic mass is 16.1. The maximum absolute atomic E-state index is 11.4. The Bertz CT molecular complexity index is 757. The molecule has 0 aliphatic rings. The van der Waals surface area contributed by atoms with E-state index >= 15 is 0 Å².